The molecule has 0 spiro atoms. The summed E-state index contributed by atoms with van der Waals surface area (Å²) in [6.45, 7) is 0. The molecule has 0 saturated heterocycles. The van der Waals surface area contributed by atoms with Gasteiger partial charge in [0.15, 0.2) is 0 Å². The third kappa shape index (κ3) is 2.34. The number of nitrogens with zero attached hydrogens (tertiary/aromatic N) is 1. The van der Waals surface area contributed by atoms with Crippen LogP contribution in [0, 0.1) is 0 Å². The molecule has 2 aromatic carbocycles. The van der Waals surface area contributed by atoms with E-state index in [4.69, 9.17) is 5.73 Å². The molecular weight excluding hydrogens is 320 g/mol. The van der Waals surface area contributed by atoms with Crippen LogP contribution in [0.15, 0.2) is 58.3 Å². The van der Waals surface area contributed by atoms with E-state index in [1.54, 1.807) is 30.3 Å². The number of sulfone groups is 1. The van der Waals surface area contributed by atoms with Crippen LogP contribution in [0.5, 0.6) is 0 Å². The second kappa shape index (κ2) is 5.60. The summed E-state index contributed by atoms with van der Waals surface area (Å²) >= 11 is 0. The maximum Gasteiger partial charge on any atom is 0.206 e. The van der Waals surface area contributed by atoms with Crippen LogP contribution in [0.25, 0.3) is 0 Å². The van der Waals surface area contributed by atoms with Crippen molar-refractivity contribution in [3.05, 3.63) is 54.1 Å². The fourth-order valence-electron chi connectivity index (χ4n) is 4.22. The van der Waals surface area contributed by atoms with Gasteiger partial charge in [0.25, 0.3) is 0 Å². The normalized spacial score (nSPS) is 26.1. The van der Waals surface area contributed by atoms with Crippen molar-refractivity contribution in [2.24, 2.45) is 5.73 Å². The maximum atomic E-state index is 12.9. The summed E-state index contributed by atoms with van der Waals surface area (Å²) in [5.74, 6) is 0.333. The second-order valence-corrected chi connectivity index (χ2v) is 8.84. The fraction of sp³-hybridized carbons (Fsp3) is 0.368. The van der Waals surface area contributed by atoms with E-state index in [0.29, 0.717) is 21.8 Å². The molecule has 24 heavy (non-hydrogen) atoms. The number of benzene rings is 2. The van der Waals surface area contributed by atoms with Crippen molar-refractivity contribution in [2.75, 3.05) is 11.9 Å². The standard InChI is InChI=1S/C19H22N2O2S/c1-21-18-9-7-13(20)11-16(18)17-12-15(8-10-19(17)21)24(22,23)14-5-3-2-4-6-14/h2-6,8,10,12-13,16,18H,7,9,11,20H2,1H3/t13-,16?,18?/m0/s1. The van der Waals surface area contributed by atoms with Crippen LogP contribution in [-0.2, 0) is 9.84 Å². The molecule has 2 unspecified atom stereocenters. The zero-order chi connectivity index (χ0) is 16.9. The quantitative estimate of drug-likeness (QED) is 0.911. The SMILES string of the molecule is CN1c2ccc(S(=O)(=O)c3ccccc3)cc2C2C[C@@H](N)CCC21. The molecule has 1 aliphatic carbocycles. The van der Waals surface area contributed by atoms with E-state index in [2.05, 4.69) is 11.9 Å². The van der Waals surface area contributed by atoms with E-state index in [-0.39, 0.29) is 6.04 Å². The Bertz CT molecular complexity index is 864. The maximum absolute atomic E-state index is 12.9. The van der Waals surface area contributed by atoms with Crippen LogP contribution >= 0.6 is 0 Å². The average molecular weight is 342 g/mol. The van der Waals surface area contributed by atoms with Crippen LogP contribution in [0.3, 0.4) is 0 Å². The molecule has 2 aromatic rings. The van der Waals surface area contributed by atoms with Gasteiger partial charge >= 0.3 is 0 Å². The summed E-state index contributed by atoms with van der Waals surface area (Å²) in [6, 6.07) is 14.8. The lowest BCUT2D eigenvalue weighted by Crippen LogP contribution is -2.39. The number of likely N-dealkylation sites (N-methyl/N-ethyl adjacent to an activating group) is 1. The minimum Gasteiger partial charge on any atom is -0.371 e. The fourth-order valence-corrected chi connectivity index (χ4v) is 5.53. The molecule has 4 nitrogen and oxygen atoms in total. The van der Waals surface area contributed by atoms with E-state index in [1.807, 2.05) is 18.2 Å². The van der Waals surface area contributed by atoms with Gasteiger partial charge in [0.1, 0.15) is 0 Å². The van der Waals surface area contributed by atoms with Gasteiger partial charge in [-0.25, -0.2) is 8.42 Å². The van der Waals surface area contributed by atoms with Crippen molar-refractivity contribution in [1.82, 2.24) is 0 Å². The lowest BCUT2D eigenvalue weighted by Gasteiger charge is -2.33. The molecule has 4 rings (SSSR count). The number of hydrogen-bond acceptors (Lipinski definition) is 4. The molecule has 1 saturated carbocycles. The molecule has 3 atom stereocenters. The van der Waals surface area contributed by atoms with Crippen molar-refractivity contribution in [3.63, 3.8) is 0 Å². The van der Waals surface area contributed by atoms with Crippen molar-refractivity contribution < 1.29 is 8.42 Å². The Kier molecular flexibility index (Phi) is 3.66. The van der Waals surface area contributed by atoms with Crippen molar-refractivity contribution in [2.45, 2.75) is 47.1 Å². The van der Waals surface area contributed by atoms with Gasteiger partial charge in [-0.15, -0.1) is 0 Å². The summed E-state index contributed by atoms with van der Waals surface area (Å²) in [4.78, 5) is 3.01. The Balaban J connectivity index is 1.79. The number of nitrogens with two attached hydrogens (primary N) is 1. The molecule has 0 amide bonds. The molecule has 126 valence electrons. The Morgan fingerprint density at radius 1 is 1.04 bits per heavy atom. The zero-order valence-corrected chi connectivity index (χ0v) is 14.5. The first-order valence-electron chi connectivity index (χ1n) is 8.41. The van der Waals surface area contributed by atoms with Crippen molar-refractivity contribution >= 4 is 15.5 Å². The first-order valence-corrected chi connectivity index (χ1v) is 9.89. The first kappa shape index (κ1) is 15.7. The third-order valence-electron chi connectivity index (χ3n) is 5.49. The molecule has 2 N–H and O–H groups in total. The first-order chi connectivity index (χ1) is 11.5. The molecular formula is C19H22N2O2S. The highest BCUT2D eigenvalue weighted by atomic mass is 32.2. The van der Waals surface area contributed by atoms with Gasteiger partial charge in [-0.2, -0.15) is 0 Å². The summed E-state index contributed by atoms with van der Waals surface area (Å²) in [5, 5.41) is 0. The monoisotopic (exact) mass is 342 g/mol. The molecule has 1 aliphatic heterocycles. The van der Waals surface area contributed by atoms with Gasteiger partial charge in [-0.1, -0.05) is 18.2 Å². The minimum absolute atomic E-state index is 0.208. The van der Waals surface area contributed by atoms with E-state index in [0.717, 1.165) is 30.5 Å². The van der Waals surface area contributed by atoms with Crippen LogP contribution in [0.1, 0.15) is 30.7 Å². The summed E-state index contributed by atoms with van der Waals surface area (Å²) in [5.41, 5.74) is 8.45. The average Bonchev–Trinajstić information content (AvgIpc) is 2.87. The van der Waals surface area contributed by atoms with Gasteiger partial charge < -0.3 is 10.6 Å². The molecule has 0 radical (unpaired) electrons. The van der Waals surface area contributed by atoms with Gasteiger partial charge in [0.05, 0.1) is 9.79 Å². The van der Waals surface area contributed by atoms with Crippen molar-refractivity contribution in [1.29, 1.82) is 0 Å². The van der Waals surface area contributed by atoms with Crippen LogP contribution in [0.4, 0.5) is 5.69 Å². The van der Waals surface area contributed by atoms with Gasteiger partial charge in [-0.05, 0) is 55.2 Å². The summed E-state index contributed by atoms with van der Waals surface area (Å²) < 4.78 is 25.8. The molecule has 1 heterocycles. The Hall–Kier alpha value is -1.85. The molecule has 2 aliphatic rings. The van der Waals surface area contributed by atoms with Crippen molar-refractivity contribution in [3.8, 4) is 0 Å². The highest BCUT2D eigenvalue weighted by Gasteiger charge is 2.40. The number of rotatable bonds is 2. The summed E-state index contributed by atoms with van der Waals surface area (Å²) in [6.07, 6.45) is 3.03. The smallest absolute Gasteiger partial charge is 0.206 e. The second-order valence-electron chi connectivity index (χ2n) is 6.89. The van der Waals surface area contributed by atoms with Crippen LogP contribution in [-0.4, -0.2) is 27.5 Å². The van der Waals surface area contributed by atoms with E-state index in [9.17, 15) is 8.42 Å². The Labute approximate surface area is 143 Å². The largest absolute Gasteiger partial charge is 0.371 e. The Morgan fingerprint density at radius 2 is 1.79 bits per heavy atom. The number of hydrogen-bond donors (Lipinski definition) is 1. The minimum atomic E-state index is -3.48. The predicted octanol–water partition coefficient (Wildman–Crippen LogP) is 2.93. The van der Waals surface area contributed by atoms with Crippen LogP contribution < -0.4 is 10.6 Å². The summed E-state index contributed by atoms with van der Waals surface area (Å²) in [7, 11) is -1.38. The molecule has 5 heteroatoms. The molecule has 0 bridgehead atoms. The third-order valence-corrected chi connectivity index (χ3v) is 7.26. The lowest BCUT2D eigenvalue weighted by atomic mass is 9.80. The lowest BCUT2D eigenvalue weighted by molar-refractivity contribution is 0.356. The number of anilines is 1. The highest BCUT2D eigenvalue weighted by Crippen LogP contribution is 2.47. The Morgan fingerprint density at radius 3 is 2.54 bits per heavy atom. The molecule has 1 fully saturated rings. The molecule has 0 aromatic heterocycles. The van der Waals surface area contributed by atoms with E-state index >= 15 is 0 Å². The van der Waals surface area contributed by atoms with Crippen LogP contribution in [0.2, 0.25) is 0 Å². The van der Waals surface area contributed by atoms with E-state index in [1.165, 1.54) is 0 Å². The predicted molar refractivity (Wildman–Crippen MR) is 95.1 cm³/mol. The number of fused-ring (bicyclic) bond motifs is 3. The van der Waals surface area contributed by atoms with E-state index < -0.39 is 9.84 Å². The van der Waals surface area contributed by atoms with Gasteiger partial charge in [0.2, 0.25) is 9.84 Å². The van der Waals surface area contributed by atoms with Gasteiger partial charge in [0, 0.05) is 30.7 Å². The topological polar surface area (TPSA) is 63.4 Å². The van der Waals surface area contributed by atoms with Gasteiger partial charge in [-0.3, -0.25) is 0 Å². The highest BCUT2D eigenvalue weighted by molar-refractivity contribution is 7.91. The zero-order valence-electron chi connectivity index (χ0n) is 13.7.